The molecule has 0 saturated heterocycles. The number of fused-ring (bicyclic) bond motifs is 3. The predicted octanol–water partition coefficient (Wildman–Crippen LogP) is 8.28. The third-order valence-electron chi connectivity index (χ3n) is 8.11. The maximum Gasteiger partial charge on any atom is 0.248 e. The van der Waals surface area contributed by atoms with Crippen molar-refractivity contribution in [3.63, 3.8) is 0 Å². The van der Waals surface area contributed by atoms with E-state index in [1.54, 1.807) is 0 Å². The van der Waals surface area contributed by atoms with E-state index < -0.39 is 0 Å². The average molecular weight is 481 g/mol. The van der Waals surface area contributed by atoms with Crippen LogP contribution in [0.4, 0.5) is 0 Å². The van der Waals surface area contributed by atoms with Crippen LogP contribution in [0.2, 0.25) is 0 Å². The lowest BCUT2D eigenvalue weighted by Crippen LogP contribution is -2.45. The molecule has 0 spiro atoms. The zero-order chi connectivity index (χ0) is 25.3. The van der Waals surface area contributed by atoms with E-state index in [9.17, 15) is 0 Å². The largest absolute Gasteiger partial charge is 0.416 e. The van der Waals surface area contributed by atoms with Crippen molar-refractivity contribution in [2.45, 2.75) is 84.1 Å². The fraction of sp³-hybridized carbons (Fsp3) is 0.406. The maximum atomic E-state index is 6.17. The third kappa shape index (κ3) is 4.61. The van der Waals surface area contributed by atoms with Gasteiger partial charge in [-0.3, -0.25) is 0 Å². The van der Waals surface area contributed by atoms with Crippen molar-refractivity contribution in [3.05, 3.63) is 78.0 Å². The first-order chi connectivity index (χ1) is 17.4. The number of benzene rings is 2. The number of hydrogen-bond donors (Lipinski definition) is 0. The van der Waals surface area contributed by atoms with Gasteiger partial charge in [0.05, 0.1) is 5.56 Å². The molecule has 0 saturated carbocycles. The second kappa shape index (κ2) is 10.0. The zero-order valence-electron chi connectivity index (χ0n) is 22.3. The molecule has 1 aliphatic rings. The monoisotopic (exact) mass is 480 g/mol. The number of rotatable bonds is 8. The molecule has 0 amide bonds. The van der Waals surface area contributed by atoms with Crippen molar-refractivity contribution in [3.8, 4) is 34.2 Å². The van der Waals surface area contributed by atoms with E-state index in [0.717, 1.165) is 11.1 Å². The van der Waals surface area contributed by atoms with Crippen molar-refractivity contribution in [2.75, 3.05) is 0 Å². The Bertz CT molecular complexity index is 1340. The zero-order valence-corrected chi connectivity index (χ0v) is 22.3. The van der Waals surface area contributed by atoms with Gasteiger partial charge in [-0.15, -0.1) is 10.2 Å². The first-order valence-corrected chi connectivity index (χ1v) is 13.5. The van der Waals surface area contributed by atoms with Gasteiger partial charge in [0.15, 0.2) is 12.2 Å². The summed E-state index contributed by atoms with van der Waals surface area (Å²) in [5.41, 5.74) is 7.27. The summed E-state index contributed by atoms with van der Waals surface area (Å²) in [5.74, 6) is 1.55. The minimum Gasteiger partial charge on any atom is -0.416 e. The standard InChI is InChI=1S/C32H38N3O/c1-6-7-8-10-19-32(4,5)26-16-13-24(14-17-26)30-33-34-31(36-30)25-15-18-27-22(2)23(3)35-20-11-9-12-29(35)28(27)21-25/h9,11-18,20-23H,6-8,10,19H2,1-5H3/q+1. The fourth-order valence-corrected chi connectivity index (χ4v) is 5.51. The number of hydrogen-bond acceptors (Lipinski definition) is 3. The van der Waals surface area contributed by atoms with E-state index in [1.807, 2.05) is 0 Å². The fourth-order valence-electron chi connectivity index (χ4n) is 5.51. The van der Waals surface area contributed by atoms with Crippen LogP contribution in [0, 0.1) is 0 Å². The molecule has 2 atom stereocenters. The highest BCUT2D eigenvalue weighted by atomic mass is 16.4. The molecule has 1 aliphatic heterocycles. The molecule has 0 aliphatic carbocycles. The highest BCUT2D eigenvalue weighted by Crippen LogP contribution is 2.39. The van der Waals surface area contributed by atoms with E-state index in [2.05, 4.69) is 116 Å². The van der Waals surface area contributed by atoms with Crippen LogP contribution in [0.25, 0.3) is 34.2 Å². The summed E-state index contributed by atoms with van der Waals surface area (Å²) < 4.78 is 8.53. The van der Waals surface area contributed by atoms with Crippen molar-refractivity contribution in [1.82, 2.24) is 10.2 Å². The van der Waals surface area contributed by atoms with Crippen LogP contribution in [-0.4, -0.2) is 10.2 Å². The molecule has 4 nitrogen and oxygen atoms in total. The lowest BCUT2D eigenvalue weighted by Gasteiger charge is -2.26. The Morgan fingerprint density at radius 1 is 0.861 bits per heavy atom. The Labute approximate surface area is 215 Å². The van der Waals surface area contributed by atoms with Gasteiger partial charge < -0.3 is 4.42 Å². The molecule has 2 aromatic heterocycles. The molecule has 2 unspecified atom stereocenters. The van der Waals surface area contributed by atoms with Crippen molar-refractivity contribution in [2.24, 2.45) is 0 Å². The summed E-state index contributed by atoms with van der Waals surface area (Å²) in [6.07, 6.45) is 8.56. The molecular weight excluding hydrogens is 442 g/mol. The molecule has 5 rings (SSSR count). The number of pyridine rings is 1. The Morgan fingerprint density at radius 3 is 2.33 bits per heavy atom. The van der Waals surface area contributed by atoms with Gasteiger partial charge >= 0.3 is 0 Å². The Hall–Kier alpha value is -3.27. The van der Waals surface area contributed by atoms with Gasteiger partial charge in [0.1, 0.15) is 0 Å². The Morgan fingerprint density at radius 2 is 1.58 bits per heavy atom. The quantitative estimate of drug-likeness (QED) is 0.188. The lowest BCUT2D eigenvalue weighted by molar-refractivity contribution is -0.714. The number of nitrogens with zero attached hydrogens (tertiary/aromatic N) is 3. The van der Waals surface area contributed by atoms with E-state index in [1.165, 1.54) is 54.5 Å². The molecule has 3 heterocycles. The van der Waals surface area contributed by atoms with Crippen molar-refractivity contribution in [1.29, 1.82) is 0 Å². The molecule has 0 fully saturated rings. The van der Waals surface area contributed by atoms with E-state index >= 15 is 0 Å². The first-order valence-electron chi connectivity index (χ1n) is 13.5. The Balaban J connectivity index is 1.38. The van der Waals surface area contributed by atoms with Gasteiger partial charge in [-0.1, -0.05) is 71.6 Å². The minimum atomic E-state index is 0.165. The van der Waals surface area contributed by atoms with Gasteiger partial charge in [0.25, 0.3) is 0 Å². The van der Waals surface area contributed by atoms with Crippen LogP contribution >= 0.6 is 0 Å². The van der Waals surface area contributed by atoms with Crippen LogP contribution in [0.3, 0.4) is 0 Å². The van der Waals surface area contributed by atoms with Gasteiger partial charge in [-0.25, -0.2) is 0 Å². The van der Waals surface area contributed by atoms with E-state index in [0.29, 0.717) is 23.7 Å². The van der Waals surface area contributed by atoms with Crippen LogP contribution in [-0.2, 0) is 5.41 Å². The molecule has 186 valence electrons. The summed E-state index contributed by atoms with van der Waals surface area (Å²) in [6.45, 7) is 11.5. The van der Waals surface area contributed by atoms with Gasteiger partial charge in [0.2, 0.25) is 17.5 Å². The second-order valence-corrected chi connectivity index (χ2v) is 11.0. The highest BCUT2D eigenvalue weighted by molar-refractivity contribution is 5.71. The highest BCUT2D eigenvalue weighted by Gasteiger charge is 2.34. The van der Waals surface area contributed by atoms with Crippen LogP contribution < -0.4 is 4.57 Å². The van der Waals surface area contributed by atoms with E-state index in [-0.39, 0.29) is 5.41 Å². The molecular formula is C32H38N3O+. The van der Waals surface area contributed by atoms with Gasteiger partial charge in [-0.05, 0) is 60.2 Å². The molecule has 0 radical (unpaired) electrons. The molecule has 2 aromatic carbocycles. The summed E-state index contributed by atoms with van der Waals surface area (Å²) in [6, 6.07) is 22.0. The maximum absolute atomic E-state index is 6.17. The van der Waals surface area contributed by atoms with Crippen LogP contribution in [0.1, 0.15) is 89.8 Å². The van der Waals surface area contributed by atoms with Crippen LogP contribution in [0.5, 0.6) is 0 Å². The molecule has 0 N–H and O–H groups in total. The SMILES string of the molecule is CCCCCCC(C)(C)c1ccc(-c2nnc(-c3ccc4c(c3)-c3cccc[n+]3C(C)C4C)o2)cc1. The lowest BCUT2D eigenvalue weighted by atomic mass is 9.80. The smallest absolute Gasteiger partial charge is 0.248 e. The minimum absolute atomic E-state index is 0.165. The van der Waals surface area contributed by atoms with Gasteiger partial charge in [-0.2, -0.15) is 4.57 Å². The van der Waals surface area contributed by atoms with Crippen molar-refractivity contribution >= 4 is 0 Å². The molecule has 4 heteroatoms. The average Bonchev–Trinajstić information content (AvgIpc) is 3.40. The predicted molar refractivity (Wildman–Crippen MR) is 146 cm³/mol. The Kier molecular flexibility index (Phi) is 6.79. The van der Waals surface area contributed by atoms with Crippen LogP contribution in [0.15, 0.2) is 71.3 Å². The summed E-state index contributed by atoms with van der Waals surface area (Å²) in [5, 5.41) is 8.79. The second-order valence-electron chi connectivity index (χ2n) is 11.0. The number of unbranched alkanes of at least 4 members (excludes halogenated alkanes) is 3. The summed E-state index contributed by atoms with van der Waals surface area (Å²) >= 11 is 0. The molecule has 36 heavy (non-hydrogen) atoms. The first kappa shape index (κ1) is 24.4. The molecule has 0 bridgehead atoms. The normalized spacial score (nSPS) is 17.0. The van der Waals surface area contributed by atoms with E-state index in [4.69, 9.17) is 4.42 Å². The van der Waals surface area contributed by atoms with Crippen molar-refractivity contribution < 1.29 is 8.98 Å². The molecule has 4 aromatic rings. The topological polar surface area (TPSA) is 42.8 Å². The number of aromatic nitrogens is 3. The summed E-state index contributed by atoms with van der Waals surface area (Å²) in [7, 11) is 0. The third-order valence-corrected chi connectivity index (χ3v) is 8.11. The van der Waals surface area contributed by atoms with Gasteiger partial charge in [0, 0.05) is 29.2 Å². The summed E-state index contributed by atoms with van der Waals surface area (Å²) in [4.78, 5) is 0.